The van der Waals surface area contributed by atoms with Crippen molar-refractivity contribution in [3.8, 4) is 0 Å². The molecule has 3 rings (SSSR count). The van der Waals surface area contributed by atoms with Crippen LogP contribution < -0.4 is 15.1 Å². The number of carbonyl (C=O) groups is 1. The molecule has 2 aliphatic rings. The van der Waals surface area contributed by atoms with Crippen molar-refractivity contribution in [2.45, 2.75) is 25.7 Å². The summed E-state index contributed by atoms with van der Waals surface area (Å²) in [5.74, 6) is 0.126. The summed E-state index contributed by atoms with van der Waals surface area (Å²) in [6.45, 7) is 6.29. The molecule has 0 saturated carbocycles. The van der Waals surface area contributed by atoms with Gasteiger partial charge in [-0.05, 0) is 49.9 Å². The molecule has 0 aliphatic carbocycles. The molecule has 2 heterocycles. The maximum atomic E-state index is 12.2. The average Bonchev–Trinajstić information content (AvgIpc) is 2.85. The van der Waals surface area contributed by atoms with Crippen molar-refractivity contribution in [2.24, 2.45) is 0 Å². The number of morpholine rings is 1. The standard InChI is InChI=1S/C18H27N3O2/c22-18(15-20-9-3-1-2-4-10-20)19-16-5-7-17(8-6-16)21-11-13-23-14-12-21/h5-8H,1-4,9-15H2,(H,19,22)/p+1. The smallest absolute Gasteiger partial charge is 0.279 e. The summed E-state index contributed by atoms with van der Waals surface area (Å²) in [7, 11) is 0. The van der Waals surface area contributed by atoms with Gasteiger partial charge in [-0.2, -0.15) is 0 Å². The Kier molecular flexibility index (Phi) is 5.88. The van der Waals surface area contributed by atoms with Gasteiger partial charge in [-0.1, -0.05) is 0 Å². The molecule has 1 aromatic carbocycles. The van der Waals surface area contributed by atoms with Crippen LogP contribution >= 0.6 is 0 Å². The van der Waals surface area contributed by atoms with Gasteiger partial charge in [-0.15, -0.1) is 0 Å². The lowest BCUT2D eigenvalue weighted by Gasteiger charge is -2.28. The first-order valence-electron chi connectivity index (χ1n) is 8.87. The zero-order valence-corrected chi connectivity index (χ0v) is 13.9. The third-order valence-electron chi connectivity index (χ3n) is 4.75. The fourth-order valence-electron chi connectivity index (χ4n) is 3.41. The van der Waals surface area contributed by atoms with E-state index in [1.165, 1.54) is 36.3 Å². The van der Waals surface area contributed by atoms with Gasteiger partial charge in [0.15, 0.2) is 6.54 Å². The Bertz CT molecular complexity index is 489. The van der Waals surface area contributed by atoms with Crippen molar-refractivity contribution < 1.29 is 14.4 Å². The van der Waals surface area contributed by atoms with Crippen LogP contribution in [-0.4, -0.2) is 51.8 Å². The zero-order valence-electron chi connectivity index (χ0n) is 13.9. The molecule has 5 nitrogen and oxygen atoms in total. The number of nitrogens with zero attached hydrogens (tertiary/aromatic N) is 1. The van der Waals surface area contributed by atoms with E-state index < -0.39 is 0 Å². The lowest BCUT2D eigenvalue weighted by Crippen LogP contribution is -3.12. The van der Waals surface area contributed by atoms with Crippen LogP contribution in [0.15, 0.2) is 24.3 Å². The SMILES string of the molecule is O=C(C[NH+]1CCCCCC1)Nc1ccc(N2CCOCC2)cc1. The summed E-state index contributed by atoms with van der Waals surface area (Å²) in [5, 5.41) is 3.04. The van der Waals surface area contributed by atoms with Crippen LogP contribution in [-0.2, 0) is 9.53 Å². The minimum absolute atomic E-state index is 0.126. The second kappa shape index (κ2) is 8.31. The minimum atomic E-state index is 0.126. The number of likely N-dealkylation sites (tertiary alicyclic amines) is 1. The molecule has 2 N–H and O–H groups in total. The molecular weight excluding hydrogens is 290 g/mol. The summed E-state index contributed by atoms with van der Waals surface area (Å²) in [5.41, 5.74) is 2.09. The first kappa shape index (κ1) is 16.3. The molecule has 0 spiro atoms. The second-order valence-electron chi connectivity index (χ2n) is 6.54. The van der Waals surface area contributed by atoms with Crippen molar-refractivity contribution in [1.29, 1.82) is 0 Å². The Balaban J connectivity index is 1.49. The molecule has 0 atom stereocenters. The highest BCUT2D eigenvalue weighted by atomic mass is 16.5. The number of quaternary nitrogens is 1. The van der Waals surface area contributed by atoms with E-state index in [-0.39, 0.29) is 5.91 Å². The maximum absolute atomic E-state index is 12.2. The largest absolute Gasteiger partial charge is 0.378 e. The highest BCUT2D eigenvalue weighted by molar-refractivity contribution is 5.91. The van der Waals surface area contributed by atoms with Crippen LogP contribution in [0, 0.1) is 0 Å². The van der Waals surface area contributed by atoms with Crippen molar-refractivity contribution >= 4 is 17.3 Å². The predicted molar refractivity (Wildman–Crippen MR) is 92.1 cm³/mol. The topological polar surface area (TPSA) is 46.0 Å². The second-order valence-corrected chi connectivity index (χ2v) is 6.54. The van der Waals surface area contributed by atoms with Gasteiger partial charge in [-0.25, -0.2) is 0 Å². The molecule has 23 heavy (non-hydrogen) atoms. The summed E-state index contributed by atoms with van der Waals surface area (Å²) in [4.78, 5) is 16.0. The Hall–Kier alpha value is -1.59. The molecule has 1 aromatic rings. The molecule has 5 heteroatoms. The normalized spacial score (nSPS) is 20.1. The Morgan fingerprint density at radius 3 is 2.35 bits per heavy atom. The molecule has 0 radical (unpaired) electrons. The van der Waals surface area contributed by atoms with Gasteiger partial charge in [0.05, 0.1) is 26.3 Å². The number of hydrogen-bond donors (Lipinski definition) is 2. The summed E-state index contributed by atoms with van der Waals surface area (Å²) in [6, 6.07) is 8.17. The monoisotopic (exact) mass is 318 g/mol. The predicted octanol–water partition coefficient (Wildman–Crippen LogP) is 0.921. The van der Waals surface area contributed by atoms with E-state index in [1.54, 1.807) is 0 Å². The number of nitrogens with one attached hydrogen (secondary N) is 2. The highest BCUT2D eigenvalue weighted by Gasteiger charge is 2.16. The lowest BCUT2D eigenvalue weighted by molar-refractivity contribution is -0.890. The summed E-state index contributed by atoms with van der Waals surface area (Å²) in [6.07, 6.45) is 5.12. The number of benzene rings is 1. The van der Waals surface area contributed by atoms with E-state index in [2.05, 4.69) is 22.3 Å². The van der Waals surface area contributed by atoms with Gasteiger partial charge in [0.25, 0.3) is 5.91 Å². The van der Waals surface area contributed by atoms with Crippen molar-refractivity contribution in [2.75, 3.05) is 56.2 Å². The van der Waals surface area contributed by atoms with E-state index in [0.717, 1.165) is 45.1 Å². The molecule has 2 aliphatic heterocycles. The van der Waals surface area contributed by atoms with Gasteiger partial charge in [0.2, 0.25) is 0 Å². The van der Waals surface area contributed by atoms with Crippen LogP contribution in [0.4, 0.5) is 11.4 Å². The van der Waals surface area contributed by atoms with Gasteiger partial charge < -0.3 is 19.9 Å². The number of rotatable bonds is 4. The van der Waals surface area contributed by atoms with E-state index in [0.29, 0.717) is 6.54 Å². The number of hydrogen-bond acceptors (Lipinski definition) is 3. The molecule has 2 fully saturated rings. The molecule has 0 aromatic heterocycles. The van der Waals surface area contributed by atoms with Gasteiger partial charge in [0.1, 0.15) is 0 Å². The first-order chi connectivity index (χ1) is 11.3. The van der Waals surface area contributed by atoms with Crippen LogP contribution in [0.1, 0.15) is 25.7 Å². The third kappa shape index (κ3) is 4.94. The van der Waals surface area contributed by atoms with Crippen LogP contribution in [0.25, 0.3) is 0 Å². The number of ether oxygens (including phenoxy) is 1. The van der Waals surface area contributed by atoms with E-state index in [9.17, 15) is 4.79 Å². The Morgan fingerprint density at radius 1 is 1.04 bits per heavy atom. The Morgan fingerprint density at radius 2 is 1.70 bits per heavy atom. The number of amides is 1. The molecule has 2 saturated heterocycles. The zero-order chi connectivity index (χ0) is 15.9. The Labute approximate surface area is 138 Å². The fourth-order valence-corrected chi connectivity index (χ4v) is 3.41. The first-order valence-corrected chi connectivity index (χ1v) is 8.87. The van der Waals surface area contributed by atoms with Gasteiger partial charge in [-0.3, -0.25) is 4.79 Å². The van der Waals surface area contributed by atoms with Crippen LogP contribution in [0.5, 0.6) is 0 Å². The summed E-state index contributed by atoms with van der Waals surface area (Å²) >= 11 is 0. The van der Waals surface area contributed by atoms with Crippen molar-refractivity contribution in [3.63, 3.8) is 0 Å². The van der Waals surface area contributed by atoms with E-state index in [1.807, 2.05) is 12.1 Å². The molecule has 1 amide bonds. The molecular formula is C18H28N3O2+. The lowest BCUT2D eigenvalue weighted by atomic mass is 10.2. The number of carbonyl (C=O) groups excluding carboxylic acids is 1. The highest BCUT2D eigenvalue weighted by Crippen LogP contribution is 2.18. The third-order valence-corrected chi connectivity index (χ3v) is 4.75. The van der Waals surface area contributed by atoms with E-state index >= 15 is 0 Å². The maximum Gasteiger partial charge on any atom is 0.279 e. The van der Waals surface area contributed by atoms with Gasteiger partial charge in [0, 0.05) is 24.5 Å². The average molecular weight is 318 g/mol. The minimum Gasteiger partial charge on any atom is -0.378 e. The van der Waals surface area contributed by atoms with Gasteiger partial charge >= 0.3 is 0 Å². The van der Waals surface area contributed by atoms with Crippen LogP contribution in [0.2, 0.25) is 0 Å². The number of anilines is 2. The summed E-state index contributed by atoms with van der Waals surface area (Å²) < 4.78 is 5.38. The quantitative estimate of drug-likeness (QED) is 0.868. The van der Waals surface area contributed by atoms with Crippen molar-refractivity contribution in [1.82, 2.24) is 0 Å². The molecule has 0 bridgehead atoms. The molecule has 0 unspecified atom stereocenters. The van der Waals surface area contributed by atoms with E-state index in [4.69, 9.17) is 4.74 Å². The van der Waals surface area contributed by atoms with Crippen LogP contribution in [0.3, 0.4) is 0 Å². The van der Waals surface area contributed by atoms with Crippen molar-refractivity contribution in [3.05, 3.63) is 24.3 Å². The fraction of sp³-hybridized carbons (Fsp3) is 0.611. The molecule has 126 valence electrons.